The summed E-state index contributed by atoms with van der Waals surface area (Å²) in [4.78, 5) is 48.3. The van der Waals surface area contributed by atoms with Gasteiger partial charge in [-0.05, 0) is 26.8 Å². The first-order valence-electron chi connectivity index (χ1n) is 8.93. The summed E-state index contributed by atoms with van der Waals surface area (Å²) in [6, 6.07) is -0.714. The molecule has 0 aromatic carbocycles. The number of carbonyl (C=O) groups is 1. The largest absolute Gasteiger partial charge is 0.388 e. The number of halogens is 2. The van der Waals surface area contributed by atoms with Gasteiger partial charge in [-0.1, -0.05) is 0 Å². The molecule has 1 amide bonds. The van der Waals surface area contributed by atoms with Crippen LogP contribution in [0.3, 0.4) is 0 Å². The fraction of sp³-hybridized carbons (Fsp3) is 0.316. The fourth-order valence-electron chi connectivity index (χ4n) is 3.17. The van der Waals surface area contributed by atoms with Crippen LogP contribution in [0, 0.1) is 11.6 Å². The third kappa shape index (κ3) is 3.96. The Kier molecular flexibility index (Phi) is 5.49. The molecule has 2 atom stereocenters. The third-order valence-electron chi connectivity index (χ3n) is 4.51. The second-order valence-corrected chi connectivity index (χ2v) is 7.33. The van der Waals surface area contributed by atoms with E-state index >= 15 is 0 Å². The van der Waals surface area contributed by atoms with Crippen molar-refractivity contribution in [2.24, 2.45) is 0 Å². The number of nitrogens with one attached hydrogen (secondary N) is 2. The van der Waals surface area contributed by atoms with Gasteiger partial charge in [0.1, 0.15) is 17.7 Å². The molecule has 0 radical (unpaired) electrons. The highest BCUT2D eigenvalue weighted by molar-refractivity contribution is 5.83. The van der Waals surface area contributed by atoms with Crippen LogP contribution in [0.25, 0.3) is 10.9 Å². The van der Waals surface area contributed by atoms with Gasteiger partial charge in [-0.15, -0.1) is 0 Å². The normalized spacial score (nSPS) is 13.8. The van der Waals surface area contributed by atoms with Crippen LogP contribution in [-0.4, -0.2) is 36.1 Å². The molecule has 0 saturated heterocycles. The van der Waals surface area contributed by atoms with E-state index in [0.717, 1.165) is 6.20 Å². The van der Waals surface area contributed by atoms with Gasteiger partial charge in [-0.25, -0.2) is 18.1 Å². The molecule has 0 aliphatic heterocycles. The number of pyridine rings is 2. The molecule has 0 spiro atoms. The monoisotopic (exact) mass is 419 g/mol. The molecule has 0 saturated carbocycles. The highest BCUT2D eigenvalue weighted by Gasteiger charge is 2.38. The number of rotatable bonds is 5. The first-order chi connectivity index (χ1) is 14.0. The molecule has 9 nitrogen and oxygen atoms in total. The Bertz CT molecular complexity index is 1230. The van der Waals surface area contributed by atoms with Gasteiger partial charge in [-0.3, -0.25) is 19.6 Å². The molecule has 3 N–H and O–H groups in total. The van der Waals surface area contributed by atoms with E-state index in [4.69, 9.17) is 0 Å². The number of fused-ring (bicyclic) bond motifs is 1. The molecular formula is C19H19F2N5O4. The third-order valence-corrected chi connectivity index (χ3v) is 4.51. The van der Waals surface area contributed by atoms with Crippen molar-refractivity contribution >= 4 is 16.8 Å². The number of carbonyl (C=O) groups excluding carboxylic acids is 1. The molecule has 0 aliphatic carbocycles. The predicted molar refractivity (Wildman–Crippen MR) is 103 cm³/mol. The van der Waals surface area contributed by atoms with Crippen LogP contribution < -0.4 is 16.6 Å². The number of aromatic nitrogens is 4. The summed E-state index contributed by atoms with van der Waals surface area (Å²) in [6.45, 7) is 3.89. The lowest BCUT2D eigenvalue weighted by Gasteiger charge is -2.30. The van der Waals surface area contributed by atoms with E-state index in [1.54, 1.807) is 0 Å². The molecule has 3 aromatic rings. The maximum absolute atomic E-state index is 14.0. The Morgan fingerprint density at radius 2 is 2.00 bits per heavy atom. The molecule has 3 aromatic heterocycles. The Labute approximate surface area is 168 Å². The van der Waals surface area contributed by atoms with Crippen LogP contribution in [0.4, 0.5) is 8.78 Å². The van der Waals surface area contributed by atoms with Gasteiger partial charge in [0.15, 0.2) is 0 Å². The lowest BCUT2D eigenvalue weighted by molar-refractivity contribution is -0.132. The second kappa shape index (κ2) is 7.75. The van der Waals surface area contributed by atoms with Crippen molar-refractivity contribution in [2.75, 3.05) is 0 Å². The maximum atomic E-state index is 14.0. The first kappa shape index (κ1) is 21.2. The highest BCUT2D eigenvalue weighted by atomic mass is 19.1. The number of hydrogen-bond donors (Lipinski definition) is 3. The Morgan fingerprint density at radius 1 is 1.30 bits per heavy atom. The van der Waals surface area contributed by atoms with Crippen molar-refractivity contribution in [3.8, 4) is 0 Å². The number of nitrogens with zero attached hydrogens (tertiary/aromatic N) is 3. The van der Waals surface area contributed by atoms with Crippen LogP contribution in [0.15, 0.2) is 40.3 Å². The van der Waals surface area contributed by atoms with Crippen LogP contribution in [0.1, 0.15) is 38.5 Å². The molecule has 3 rings (SSSR count). The molecule has 0 fully saturated rings. The average Bonchev–Trinajstić information content (AvgIpc) is 2.63. The van der Waals surface area contributed by atoms with Crippen LogP contribution in [0.5, 0.6) is 0 Å². The highest BCUT2D eigenvalue weighted by Crippen LogP contribution is 2.23. The van der Waals surface area contributed by atoms with Gasteiger partial charge in [0.05, 0.1) is 40.6 Å². The molecular weight excluding hydrogens is 400 g/mol. The van der Waals surface area contributed by atoms with E-state index in [1.165, 1.54) is 39.2 Å². The summed E-state index contributed by atoms with van der Waals surface area (Å²) in [5, 5.41) is 13.1. The van der Waals surface area contributed by atoms with Crippen molar-refractivity contribution in [3.63, 3.8) is 0 Å². The van der Waals surface area contributed by atoms with E-state index in [1.807, 2.05) is 0 Å². The molecule has 0 aliphatic rings. The summed E-state index contributed by atoms with van der Waals surface area (Å²) in [5.74, 6) is -2.79. The Balaban J connectivity index is 2.06. The zero-order valence-electron chi connectivity index (χ0n) is 16.3. The lowest BCUT2D eigenvalue weighted by atomic mass is 9.97. The molecule has 3 heterocycles. The number of H-pyrrole nitrogens is 1. The van der Waals surface area contributed by atoms with E-state index < -0.39 is 46.5 Å². The summed E-state index contributed by atoms with van der Waals surface area (Å²) >= 11 is 0. The standard InChI is InChI=1S/C19H19F2N5O4/c1-9(14-12(21)6-10(20)7-23-14)24-16(27)15(19(2,3)30)26-17(28)11-4-5-22-8-13(11)25-18(26)29/h4-9,15,30H,1-3H3,(H,24,27)(H,25,29)/t9-,15-/m1/s1. The van der Waals surface area contributed by atoms with Crippen molar-refractivity contribution in [2.45, 2.75) is 38.5 Å². The quantitative estimate of drug-likeness (QED) is 0.565. The van der Waals surface area contributed by atoms with Crippen molar-refractivity contribution in [3.05, 3.63) is 68.9 Å². The van der Waals surface area contributed by atoms with Crippen molar-refractivity contribution in [1.82, 2.24) is 24.8 Å². The lowest BCUT2D eigenvalue weighted by Crippen LogP contribution is -2.53. The number of aromatic amines is 1. The van der Waals surface area contributed by atoms with Gasteiger partial charge in [-0.2, -0.15) is 0 Å². The molecule has 0 unspecified atom stereocenters. The van der Waals surface area contributed by atoms with Gasteiger partial charge in [0.25, 0.3) is 5.56 Å². The first-order valence-corrected chi connectivity index (χ1v) is 8.93. The SMILES string of the molecule is C[C@@H](NC(=O)[C@@H](n1c(=O)[nH]c2cnccc2c1=O)C(C)(C)O)c1ncc(F)cc1F. The second-order valence-electron chi connectivity index (χ2n) is 7.33. The summed E-state index contributed by atoms with van der Waals surface area (Å²) in [6.07, 6.45) is 3.42. The topological polar surface area (TPSA) is 130 Å². The number of hydrogen-bond acceptors (Lipinski definition) is 6. The smallest absolute Gasteiger partial charge is 0.329 e. The minimum absolute atomic E-state index is 0.0888. The van der Waals surface area contributed by atoms with Crippen LogP contribution >= 0.6 is 0 Å². The van der Waals surface area contributed by atoms with Gasteiger partial charge in [0.2, 0.25) is 5.91 Å². The number of aliphatic hydroxyl groups is 1. The van der Waals surface area contributed by atoms with E-state index in [2.05, 4.69) is 20.3 Å². The molecule has 11 heteroatoms. The Hall–Kier alpha value is -3.47. The summed E-state index contributed by atoms with van der Waals surface area (Å²) in [7, 11) is 0. The summed E-state index contributed by atoms with van der Waals surface area (Å²) in [5.41, 5.74) is -3.66. The predicted octanol–water partition coefficient (Wildman–Crippen LogP) is 0.947. The van der Waals surface area contributed by atoms with E-state index in [9.17, 15) is 28.3 Å². The van der Waals surface area contributed by atoms with Crippen molar-refractivity contribution < 1.29 is 18.7 Å². The zero-order chi connectivity index (χ0) is 22.2. The van der Waals surface area contributed by atoms with Crippen LogP contribution in [0.2, 0.25) is 0 Å². The molecule has 158 valence electrons. The Morgan fingerprint density at radius 3 is 2.63 bits per heavy atom. The maximum Gasteiger partial charge on any atom is 0.329 e. The van der Waals surface area contributed by atoms with Gasteiger partial charge < -0.3 is 15.4 Å². The average molecular weight is 419 g/mol. The zero-order valence-corrected chi connectivity index (χ0v) is 16.3. The van der Waals surface area contributed by atoms with E-state index in [0.29, 0.717) is 10.6 Å². The van der Waals surface area contributed by atoms with Crippen molar-refractivity contribution in [1.29, 1.82) is 0 Å². The van der Waals surface area contributed by atoms with Crippen LogP contribution in [-0.2, 0) is 4.79 Å². The summed E-state index contributed by atoms with van der Waals surface area (Å²) < 4.78 is 27.7. The number of amides is 1. The van der Waals surface area contributed by atoms with E-state index in [-0.39, 0.29) is 16.6 Å². The van der Waals surface area contributed by atoms with Gasteiger partial charge >= 0.3 is 5.69 Å². The molecule has 0 bridgehead atoms. The minimum Gasteiger partial charge on any atom is -0.388 e. The van der Waals surface area contributed by atoms with Gasteiger partial charge in [0, 0.05) is 12.3 Å². The molecule has 30 heavy (non-hydrogen) atoms. The minimum atomic E-state index is -1.85. The fourth-order valence-corrected chi connectivity index (χ4v) is 3.17.